The lowest BCUT2D eigenvalue weighted by molar-refractivity contribution is -0.119. The third kappa shape index (κ3) is 1.95. The van der Waals surface area contributed by atoms with E-state index in [1.165, 1.54) is 18.5 Å². The minimum atomic E-state index is -0.0203. The number of nitrogens with one attached hydrogen (secondary N) is 1. The van der Waals surface area contributed by atoms with Gasteiger partial charge in [0.1, 0.15) is 0 Å². The first-order chi connectivity index (χ1) is 6.81. The van der Waals surface area contributed by atoms with Crippen LogP contribution in [0.15, 0.2) is 11.8 Å². The molecule has 0 amide bonds. The van der Waals surface area contributed by atoms with Crippen molar-refractivity contribution in [1.29, 1.82) is 0 Å². The van der Waals surface area contributed by atoms with E-state index < -0.39 is 0 Å². The van der Waals surface area contributed by atoms with Gasteiger partial charge in [-0.25, -0.2) is 0 Å². The zero-order valence-corrected chi connectivity index (χ0v) is 9.02. The number of allylic oxidation sites excluding steroid dienone is 2. The Hall–Kier alpha value is -0.500. The lowest BCUT2D eigenvalue weighted by Gasteiger charge is -2.34. The van der Waals surface area contributed by atoms with Crippen LogP contribution in [0.1, 0.15) is 32.1 Å². The molecule has 0 saturated carbocycles. The maximum atomic E-state index is 11.4. The first-order valence-corrected chi connectivity index (χ1v) is 5.90. The summed E-state index contributed by atoms with van der Waals surface area (Å²) in [5.41, 5.74) is 1.30. The number of carbonyl (C=O) groups excluding carboxylic acids is 1. The molecule has 1 aliphatic carbocycles. The highest BCUT2D eigenvalue weighted by molar-refractivity contribution is 6.28. The first-order valence-electron chi connectivity index (χ1n) is 5.36. The average molecular weight is 214 g/mol. The summed E-state index contributed by atoms with van der Waals surface area (Å²) in [6.07, 6.45) is 8.08. The second-order valence-electron chi connectivity index (χ2n) is 4.16. The molecule has 1 N–H and O–H groups in total. The number of hydrogen-bond acceptors (Lipinski definition) is 2. The van der Waals surface area contributed by atoms with Crippen LogP contribution < -0.4 is 5.32 Å². The van der Waals surface area contributed by atoms with Gasteiger partial charge in [0.15, 0.2) is 5.78 Å². The molecule has 0 bridgehead atoms. The Morgan fingerprint density at radius 1 is 1.50 bits per heavy atom. The molecular formula is C11H16ClNO. The van der Waals surface area contributed by atoms with Crippen LogP contribution in [0.3, 0.4) is 0 Å². The van der Waals surface area contributed by atoms with Gasteiger partial charge in [0.05, 0.1) is 11.9 Å². The van der Waals surface area contributed by atoms with Gasteiger partial charge in [0.2, 0.25) is 0 Å². The van der Waals surface area contributed by atoms with E-state index in [-0.39, 0.29) is 17.7 Å². The molecule has 14 heavy (non-hydrogen) atoms. The van der Waals surface area contributed by atoms with Crippen molar-refractivity contribution in [2.45, 2.75) is 38.1 Å². The molecule has 0 spiro atoms. The minimum Gasteiger partial charge on any atom is -0.379 e. The van der Waals surface area contributed by atoms with E-state index in [1.807, 2.05) is 0 Å². The van der Waals surface area contributed by atoms with Gasteiger partial charge in [0.25, 0.3) is 0 Å². The standard InChI is InChI=1S/C11H16ClNO/c12-7-11(14)10-6-5-8-3-1-2-4-9(8)13-10/h4,8,10,13H,1-3,5-7H2. The van der Waals surface area contributed by atoms with E-state index in [4.69, 9.17) is 11.6 Å². The molecule has 2 nitrogen and oxygen atoms in total. The van der Waals surface area contributed by atoms with Crippen LogP contribution in [0.5, 0.6) is 0 Å². The highest BCUT2D eigenvalue weighted by atomic mass is 35.5. The molecule has 2 rings (SSSR count). The molecule has 2 unspecified atom stereocenters. The molecule has 2 atom stereocenters. The summed E-state index contributed by atoms with van der Waals surface area (Å²) in [6.45, 7) is 0. The molecule has 3 heteroatoms. The number of piperidine rings is 1. The highest BCUT2D eigenvalue weighted by Gasteiger charge is 2.29. The van der Waals surface area contributed by atoms with E-state index in [2.05, 4.69) is 11.4 Å². The fourth-order valence-corrected chi connectivity index (χ4v) is 2.58. The van der Waals surface area contributed by atoms with Gasteiger partial charge in [-0.3, -0.25) is 4.79 Å². The van der Waals surface area contributed by atoms with Crippen molar-refractivity contribution in [3.05, 3.63) is 11.8 Å². The van der Waals surface area contributed by atoms with Crippen LogP contribution in [-0.2, 0) is 4.79 Å². The van der Waals surface area contributed by atoms with Gasteiger partial charge in [-0.2, -0.15) is 0 Å². The Morgan fingerprint density at radius 3 is 3.14 bits per heavy atom. The number of alkyl halides is 1. The van der Waals surface area contributed by atoms with Gasteiger partial charge in [-0.1, -0.05) is 6.08 Å². The molecular weight excluding hydrogens is 198 g/mol. The fourth-order valence-electron chi connectivity index (χ4n) is 2.40. The number of halogens is 1. The molecule has 0 aromatic rings. The van der Waals surface area contributed by atoms with Crippen molar-refractivity contribution >= 4 is 17.4 Å². The molecule has 1 aliphatic heterocycles. The maximum Gasteiger partial charge on any atom is 0.169 e. The number of rotatable bonds is 2. The third-order valence-electron chi connectivity index (χ3n) is 3.23. The van der Waals surface area contributed by atoms with Crippen LogP contribution in [0.4, 0.5) is 0 Å². The molecule has 78 valence electrons. The monoisotopic (exact) mass is 213 g/mol. The summed E-state index contributed by atoms with van der Waals surface area (Å²) in [5.74, 6) is 0.954. The predicted molar refractivity (Wildman–Crippen MR) is 57.3 cm³/mol. The van der Waals surface area contributed by atoms with E-state index in [0.717, 1.165) is 19.3 Å². The lowest BCUT2D eigenvalue weighted by Crippen LogP contribution is -2.43. The summed E-state index contributed by atoms with van der Waals surface area (Å²) < 4.78 is 0. The smallest absolute Gasteiger partial charge is 0.169 e. The topological polar surface area (TPSA) is 29.1 Å². The zero-order chi connectivity index (χ0) is 9.97. The van der Waals surface area contributed by atoms with Crippen molar-refractivity contribution in [2.24, 2.45) is 5.92 Å². The van der Waals surface area contributed by atoms with Crippen LogP contribution in [0.2, 0.25) is 0 Å². The van der Waals surface area contributed by atoms with Gasteiger partial charge in [-0.15, -0.1) is 11.6 Å². The van der Waals surface area contributed by atoms with Gasteiger partial charge in [0, 0.05) is 5.70 Å². The Labute approximate surface area is 89.7 Å². The number of hydrogen-bond donors (Lipinski definition) is 1. The van der Waals surface area contributed by atoms with E-state index in [1.54, 1.807) is 0 Å². The van der Waals surface area contributed by atoms with E-state index in [9.17, 15) is 4.79 Å². The fraction of sp³-hybridized carbons (Fsp3) is 0.727. The number of carbonyl (C=O) groups is 1. The van der Waals surface area contributed by atoms with E-state index in [0.29, 0.717) is 5.92 Å². The van der Waals surface area contributed by atoms with Crippen molar-refractivity contribution < 1.29 is 4.79 Å². The second kappa shape index (κ2) is 4.35. The number of fused-ring (bicyclic) bond motifs is 1. The van der Waals surface area contributed by atoms with Crippen LogP contribution in [-0.4, -0.2) is 17.7 Å². The SMILES string of the molecule is O=C(CCl)C1CCC2CCCC=C2N1. The average Bonchev–Trinajstić information content (AvgIpc) is 2.27. The molecule has 1 fully saturated rings. The van der Waals surface area contributed by atoms with Crippen LogP contribution in [0.25, 0.3) is 0 Å². The quantitative estimate of drug-likeness (QED) is 0.713. The van der Waals surface area contributed by atoms with Crippen molar-refractivity contribution in [3.8, 4) is 0 Å². The second-order valence-corrected chi connectivity index (χ2v) is 4.43. The van der Waals surface area contributed by atoms with Gasteiger partial charge in [-0.05, 0) is 38.0 Å². The summed E-state index contributed by atoms with van der Waals surface area (Å²) in [7, 11) is 0. The largest absolute Gasteiger partial charge is 0.379 e. The first kappa shape index (κ1) is 10.0. The minimum absolute atomic E-state index is 0.0203. The molecule has 1 heterocycles. The molecule has 0 aromatic carbocycles. The Balaban J connectivity index is 2.02. The predicted octanol–water partition coefficient (Wildman–Crippen LogP) is 2.23. The van der Waals surface area contributed by atoms with Crippen LogP contribution >= 0.6 is 11.6 Å². The van der Waals surface area contributed by atoms with E-state index >= 15 is 0 Å². The maximum absolute atomic E-state index is 11.4. The summed E-state index contributed by atoms with van der Waals surface area (Å²) in [6, 6.07) is -0.0203. The van der Waals surface area contributed by atoms with Crippen molar-refractivity contribution in [2.75, 3.05) is 5.88 Å². The van der Waals surface area contributed by atoms with Gasteiger partial charge < -0.3 is 5.32 Å². The number of ketones is 1. The lowest BCUT2D eigenvalue weighted by atomic mass is 9.83. The van der Waals surface area contributed by atoms with Crippen LogP contribution in [0, 0.1) is 5.92 Å². The normalized spacial score (nSPS) is 31.4. The van der Waals surface area contributed by atoms with Crippen molar-refractivity contribution in [3.63, 3.8) is 0 Å². The molecule has 0 radical (unpaired) electrons. The number of Topliss-reactive ketones (excluding diaryl/α,β-unsaturated/α-hetero) is 1. The molecule has 2 aliphatic rings. The molecule has 1 saturated heterocycles. The van der Waals surface area contributed by atoms with Crippen molar-refractivity contribution in [1.82, 2.24) is 5.32 Å². The Morgan fingerprint density at radius 2 is 2.36 bits per heavy atom. The summed E-state index contributed by atoms with van der Waals surface area (Å²) >= 11 is 5.55. The Bertz CT molecular complexity index is 262. The molecule has 0 aromatic heterocycles. The zero-order valence-electron chi connectivity index (χ0n) is 8.26. The van der Waals surface area contributed by atoms with Gasteiger partial charge >= 0.3 is 0 Å². The highest BCUT2D eigenvalue weighted by Crippen LogP contribution is 2.31. The third-order valence-corrected chi connectivity index (χ3v) is 3.49. The summed E-state index contributed by atoms with van der Waals surface area (Å²) in [5, 5.41) is 3.33. The Kier molecular flexibility index (Phi) is 3.12. The summed E-state index contributed by atoms with van der Waals surface area (Å²) in [4.78, 5) is 11.4.